The molecule has 0 spiro atoms. The molecule has 0 aliphatic carbocycles. The zero-order valence-corrected chi connectivity index (χ0v) is 25.4. The molecule has 10 nitrogen and oxygen atoms in total. The molecule has 13 heteroatoms. The molecule has 2 heterocycles. The van der Waals surface area contributed by atoms with Crippen LogP contribution in [0.25, 0.3) is 6.08 Å². The first kappa shape index (κ1) is 30.7. The fourth-order valence-electron chi connectivity index (χ4n) is 3.98. The molecular weight excluding hydrogens is 627 g/mol. The van der Waals surface area contributed by atoms with Crippen molar-refractivity contribution in [2.45, 2.75) is 6.54 Å². The Morgan fingerprint density at radius 2 is 1.86 bits per heavy atom. The number of amidine groups is 1. The molecule has 224 valence electrons. The molecule has 0 saturated carbocycles. The molecule has 0 radical (unpaired) electrons. The minimum atomic E-state index is -0.379. The second kappa shape index (κ2) is 14.2. The van der Waals surface area contributed by atoms with E-state index in [9.17, 15) is 14.7 Å². The zero-order chi connectivity index (χ0) is 31.1. The van der Waals surface area contributed by atoms with Gasteiger partial charge in [0.15, 0.2) is 23.3 Å². The summed E-state index contributed by atoms with van der Waals surface area (Å²) in [6.07, 6.45) is 4.62. The standard InChI is InChI=1S/C31H24Cl2N4O6S/c1-41-27-13-19(4-10-25(27)38)16-34-36-31-37(17-24-3-2-12-42-24)30(40)28(44-31)15-20-14-22(33)7-11-26(20)43-18-29(39)35-23-8-5-21(32)6-9-23/h2-16,38H,17-18H2,1H3,(H,35,39)/b28-15-,34-16+,36-31-. The van der Waals surface area contributed by atoms with E-state index in [0.29, 0.717) is 54.2 Å². The van der Waals surface area contributed by atoms with Crippen molar-refractivity contribution < 1.29 is 28.6 Å². The van der Waals surface area contributed by atoms with Gasteiger partial charge in [0.1, 0.15) is 11.5 Å². The largest absolute Gasteiger partial charge is 0.504 e. The first-order valence-corrected chi connectivity index (χ1v) is 14.6. The van der Waals surface area contributed by atoms with Gasteiger partial charge in [-0.2, -0.15) is 5.10 Å². The van der Waals surface area contributed by atoms with Crippen molar-refractivity contribution in [1.82, 2.24) is 4.90 Å². The smallest absolute Gasteiger partial charge is 0.267 e. The van der Waals surface area contributed by atoms with E-state index in [1.165, 1.54) is 30.6 Å². The van der Waals surface area contributed by atoms with E-state index in [1.54, 1.807) is 72.8 Å². The average Bonchev–Trinajstić information content (AvgIpc) is 3.63. The van der Waals surface area contributed by atoms with Crippen LogP contribution in [0.3, 0.4) is 0 Å². The number of halogens is 2. The number of amides is 2. The third-order valence-corrected chi connectivity index (χ3v) is 7.57. The molecule has 1 aromatic heterocycles. The number of thioether (sulfide) groups is 1. The number of carbonyl (C=O) groups is 2. The quantitative estimate of drug-likeness (QED) is 0.109. The van der Waals surface area contributed by atoms with Crippen LogP contribution in [0.1, 0.15) is 16.9 Å². The van der Waals surface area contributed by atoms with Gasteiger partial charge in [-0.3, -0.25) is 14.5 Å². The molecule has 1 saturated heterocycles. The summed E-state index contributed by atoms with van der Waals surface area (Å²) < 4.78 is 16.4. The summed E-state index contributed by atoms with van der Waals surface area (Å²) in [6, 6.07) is 19.8. The number of carbonyl (C=O) groups excluding carboxylic acids is 2. The zero-order valence-electron chi connectivity index (χ0n) is 23.1. The van der Waals surface area contributed by atoms with Crippen molar-refractivity contribution in [2.75, 3.05) is 19.0 Å². The number of nitrogens with zero attached hydrogens (tertiary/aromatic N) is 3. The van der Waals surface area contributed by atoms with Gasteiger partial charge < -0.3 is 24.3 Å². The Kier molecular flexibility index (Phi) is 9.90. The highest BCUT2D eigenvalue weighted by atomic mass is 35.5. The lowest BCUT2D eigenvalue weighted by Gasteiger charge is -2.13. The molecule has 5 rings (SSSR count). The third-order valence-electron chi connectivity index (χ3n) is 6.08. The van der Waals surface area contributed by atoms with Crippen LogP contribution in [0.5, 0.6) is 17.2 Å². The van der Waals surface area contributed by atoms with Crippen LogP contribution in [-0.4, -0.2) is 46.9 Å². The minimum Gasteiger partial charge on any atom is -0.504 e. The lowest BCUT2D eigenvalue weighted by atomic mass is 10.2. The Morgan fingerprint density at radius 1 is 1.07 bits per heavy atom. The number of methoxy groups -OCH3 is 1. The van der Waals surface area contributed by atoms with E-state index in [0.717, 1.165) is 11.8 Å². The molecule has 3 aromatic carbocycles. The van der Waals surface area contributed by atoms with Gasteiger partial charge in [0.2, 0.25) is 0 Å². The molecule has 0 unspecified atom stereocenters. The molecule has 0 bridgehead atoms. The fraction of sp³-hybridized carbons (Fsp3) is 0.0968. The first-order chi connectivity index (χ1) is 21.3. The fourth-order valence-corrected chi connectivity index (χ4v) is 5.21. The number of nitrogens with one attached hydrogen (secondary N) is 1. The number of anilines is 1. The molecule has 0 atom stereocenters. The maximum absolute atomic E-state index is 13.6. The van der Waals surface area contributed by atoms with Gasteiger partial charge in [-0.25, -0.2) is 0 Å². The van der Waals surface area contributed by atoms with Crippen molar-refractivity contribution in [1.29, 1.82) is 0 Å². The molecule has 2 N–H and O–H groups in total. The van der Waals surface area contributed by atoms with Crippen LogP contribution in [0.15, 0.2) is 98.6 Å². The van der Waals surface area contributed by atoms with Crippen LogP contribution >= 0.6 is 35.0 Å². The minimum absolute atomic E-state index is 0.00106. The molecule has 1 aliphatic heterocycles. The number of hydrogen-bond donors (Lipinski definition) is 2. The monoisotopic (exact) mass is 650 g/mol. The number of rotatable bonds is 10. The molecule has 4 aromatic rings. The normalized spacial score (nSPS) is 15.0. The molecule has 44 heavy (non-hydrogen) atoms. The molecule has 1 fully saturated rings. The third kappa shape index (κ3) is 7.81. The van der Waals surface area contributed by atoms with E-state index >= 15 is 0 Å². The Morgan fingerprint density at radius 3 is 2.61 bits per heavy atom. The Balaban J connectivity index is 1.37. The first-order valence-electron chi connectivity index (χ1n) is 13.0. The lowest BCUT2D eigenvalue weighted by molar-refractivity contribution is -0.122. The van der Waals surface area contributed by atoms with Gasteiger partial charge in [-0.15, -0.1) is 5.10 Å². The Hall–Kier alpha value is -4.71. The summed E-state index contributed by atoms with van der Waals surface area (Å²) in [7, 11) is 1.45. The summed E-state index contributed by atoms with van der Waals surface area (Å²) in [5.74, 6) is 0.480. The van der Waals surface area contributed by atoms with Crippen molar-refractivity contribution >= 4 is 69.9 Å². The number of benzene rings is 3. The van der Waals surface area contributed by atoms with E-state index < -0.39 is 0 Å². The number of ether oxygens (including phenoxy) is 2. The summed E-state index contributed by atoms with van der Waals surface area (Å²) in [4.78, 5) is 27.8. The Bertz CT molecular complexity index is 1760. The van der Waals surface area contributed by atoms with E-state index in [-0.39, 0.29) is 30.7 Å². The topological polar surface area (TPSA) is 126 Å². The predicted molar refractivity (Wildman–Crippen MR) is 172 cm³/mol. The van der Waals surface area contributed by atoms with Gasteiger partial charge in [0, 0.05) is 21.3 Å². The van der Waals surface area contributed by atoms with Gasteiger partial charge in [-0.05, 0) is 96.2 Å². The highest BCUT2D eigenvalue weighted by molar-refractivity contribution is 8.18. The summed E-state index contributed by atoms with van der Waals surface area (Å²) >= 11 is 13.3. The number of phenolic OH excluding ortho intramolecular Hbond substituents is 1. The van der Waals surface area contributed by atoms with Gasteiger partial charge >= 0.3 is 0 Å². The summed E-state index contributed by atoms with van der Waals surface area (Å²) in [6.45, 7) is -0.156. The molecular formula is C31H24Cl2N4O6S. The highest BCUT2D eigenvalue weighted by Crippen LogP contribution is 2.36. The maximum Gasteiger partial charge on any atom is 0.267 e. The van der Waals surface area contributed by atoms with E-state index in [4.69, 9.17) is 37.1 Å². The summed E-state index contributed by atoms with van der Waals surface area (Å²) in [5, 5.41) is 22.3. The van der Waals surface area contributed by atoms with Gasteiger partial charge in [0.25, 0.3) is 11.8 Å². The lowest BCUT2D eigenvalue weighted by Crippen LogP contribution is -2.28. The van der Waals surface area contributed by atoms with Crippen LogP contribution < -0.4 is 14.8 Å². The van der Waals surface area contributed by atoms with Crippen LogP contribution in [0.4, 0.5) is 5.69 Å². The second-order valence-electron chi connectivity index (χ2n) is 9.17. The van der Waals surface area contributed by atoms with Crippen molar-refractivity contribution in [3.63, 3.8) is 0 Å². The SMILES string of the molecule is COc1cc(/C=N/N=C2\S/C(=C\c3cc(Cl)ccc3OCC(=O)Nc3ccc(Cl)cc3)C(=O)N2Cc2ccco2)ccc1O. The number of aromatic hydroxyl groups is 1. The van der Waals surface area contributed by atoms with Crippen LogP contribution in [-0.2, 0) is 16.1 Å². The van der Waals surface area contributed by atoms with Crippen LogP contribution in [0.2, 0.25) is 10.0 Å². The van der Waals surface area contributed by atoms with Crippen molar-refractivity contribution in [3.05, 3.63) is 111 Å². The van der Waals surface area contributed by atoms with Gasteiger partial charge in [0.05, 0.1) is 31.0 Å². The maximum atomic E-state index is 13.6. The van der Waals surface area contributed by atoms with E-state index in [1.807, 2.05) is 0 Å². The van der Waals surface area contributed by atoms with Crippen molar-refractivity contribution in [3.8, 4) is 17.2 Å². The van der Waals surface area contributed by atoms with Crippen molar-refractivity contribution in [2.24, 2.45) is 10.2 Å². The van der Waals surface area contributed by atoms with E-state index in [2.05, 4.69) is 15.5 Å². The summed E-state index contributed by atoms with van der Waals surface area (Å²) in [5.41, 5.74) is 1.70. The molecule has 1 aliphatic rings. The second-order valence-corrected chi connectivity index (χ2v) is 11.0. The van der Waals surface area contributed by atoms with Gasteiger partial charge in [-0.1, -0.05) is 23.2 Å². The number of phenols is 1. The Labute approximate surface area is 266 Å². The predicted octanol–water partition coefficient (Wildman–Crippen LogP) is 6.82. The van der Waals surface area contributed by atoms with Crippen LogP contribution in [0, 0.1) is 0 Å². The average molecular weight is 652 g/mol. The number of hydrogen-bond acceptors (Lipinski definition) is 9. The number of furan rings is 1. The molecule has 2 amide bonds. The highest BCUT2D eigenvalue weighted by Gasteiger charge is 2.34.